The smallest absolute Gasteiger partial charge is 0.110 e. The number of rotatable bonds is 7. The molecule has 1 rings (SSSR count). The second kappa shape index (κ2) is 6.66. The van der Waals surface area contributed by atoms with E-state index in [0.717, 1.165) is 25.2 Å². The van der Waals surface area contributed by atoms with Gasteiger partial charge in [0.25, 0.3) is 0 Å². The van der Waals surface area contributed by atoms with Crippen LogP contribution in [0.15, 0.2) is 12.4 Å². The maximum absolute atomic E-state index is 6.08. The standard InChI is InChI=1S/C12H23N3O/c1-4-7-15-8-6-14-12(15)9-11(13)10(3)16-5-2/h6,8,10-11H,4-5,7,9,13H2,1-3H3. The fraction of sp³-hybridized carbons (Fsp3) is 0.750. The molecule has 0 amide bonds. The zero-order valence-corrected chi connectivity index (χ0v) is 10.5. The van der Waals surface area contributed by atoms with Crippen molar-refractivity contribution in [3.63, 3.8) is 0 Å². The van der Waals surface area contributed by atoms with Crippen LogP contribution in [-0.2, 0) is 17.7 Å². The molecule has 0 aromatic carbocycles. The number of nitrogens with two attached hydrogens (primary N) is 1. The van der Waals surface area contributed by atoms with Crippen LogP contribution in [0.2, 0.25) is 0 Å². The first-order valence-corrected chi connectivity index (χ1v) is 6.06. The summed E-state index contributed by atoms with van der Waals surface area (Å²) in [7, 11) is 0. The Labute approximate surface area is 97.8 Å². The van der Waals surface area contributed by atoms with E-state index in [0.29, 0.717) is 6.61 Å². The van der Waals surface area contributed by atoms with Gasteiger partial charge in [0.1, 0.15) is 5.82 Å². The van der Waals surface area contributed by atoms with Crippen LogP contribution < -0.4 is 5.73 Å². The Hall–Kier alpha value is -0.870. The van der Waals surface area contributed by atoms with E-state index < -0.39 is 0 Å². The zero-order valence-electron chi connectivity index (χ0n) is 10.5. The van der Waals surface area contributed by atoms with Crippen LogP contribution in [0.4, 0.5) is 0 Å². The molecule has 2 N–H and O–H groups in total. The molecule has 0 saturated heterocycles. The number of hydrogen-bond donors (Lipinski definition) is 1. The molecule has 4 nitrogen and oxygen atoms in total. The molecule has 0 aliphatic heterocycles. The molecule has 1 heterocycles. The molecular weight excluding hydrogens is 202 g/mol. The second-order valence-corrected chi connectivity index (χ2v) is 4.07. The van der Waals surface area contributed by atoms with Crippen molar-refractivity contribution >= 4 is 0 Å². The summed E-state index contributed by atoms with van der Waals surface area (Å²) < 4.78 is 7.66. The van der Waals surface area contributed by atoms with Crippen LogP contribution in [0, 0.1) is 0 Å². The Balaban J connectivity index is 2.54. The van der Waals surface area contributed by atoms with Gasteiger partial charge < -0.3 is 15.0 Å². The van der Waals surface area contributed by atoms with Gasteiger partial charge in [0.05, 0.1) is 6.10 Å². The number of aryl methyl sites for hydroxylation is 1. The maximum atomic E-state index is 6.08. The monoisotopic (exact) mass is 225 g/mol. The molecule has 0 radical (unpaired) electrons. The Morgan fingerprint density at radius 2 is 2.25 bits per heavy atom. The van der Waals surface area contributed by atoms with Gasteiger partial charge in [-0.25, -0.2) is 4.98 Å². The highest BCUT2D eigenvalue weighted by molar-refractivity contribution is 4.96. The Morgan fingerprint density at radius 3 is 2.88 bits per heavy atom. The quantitative estimate of drug-likeness (QED) is 0.766. The summed E-state index contributed by atoms with van der Waals surface area (Å²) in [6.45, 7) is 7.87. The summed E-state index contributed by atoms with van der Waals surface area (Å²) in [6, 6.07) is 0.0120. The predicted molar refractivity (Wildman–Crippen MR) is 65.3 cm³/mol. The van der Waals surface area contributed by atoms with E-state index in [1.807, 2.05) is 26.2 Å². The van der Waals surface area contributed by atoms with Crippen molar-refractivity contribution in [3.8, 4) is 0 Å². The van der Waals surface area contributed by atoms with Crippen LogP contribution in [0.3, 0.4) is 0 Å². The molecule has 0 aliphatic rings. The van der Waals surface area contributed by atoms with E-state index in [2.05, 4.69) is 16.5 Å². The minimum atomic E-state index is 0.0120. The lowest BCUT2D eigenvalue weighted by molar-refractivity contribution is 0.0570. The molecular formula is C12H23N3O. The molecule has 1 aromatic rings. The maximum Gasteiger partial charge on any atom is 0.110 e. The molecule has 0 fully saturated rings. The SMILES string of the molecule is CCCn1ccnc1CC(N)C(C)OCC. The van der Waals surface area contributed by atoms with Crippen molar-refractivity contribution in [2.75, 3.05) is 6.61 Å². The molecule has 16 heavy (non-hydrogen) atoms. The molecule has 0 spiro atoms. The van der Waals surface area contributed by atoms with Crippen molar-refractivity contribution in [3.05, 3.63) is 18.2 Å². The first kappa shape index (κ1) is 13.2. The van der Waals surface area contributed by atoms with Gasteiger partial charge in [-0.05, 0) is 20.3 Å². The van der Waals surface area contributed by atoms with Crippen LogP contribution in [0.1, 0.15) is 33.0 Å². The zero-order chi connectivity index (χ0) is 12.0. The number of hydrogen-bond acceptors (Lipinski definition) is 3. The van der Waals surface area contributed by atoms with Crippen LogP contribution >= 0.6 is 0 Å². The minimum absolute atomic E-state index is 0.0120. The van der Waals surface area contributed by atoms with Gasteiger partial charge in [-0.15, -0.1) is 0 Å². The van der Waals surface area contributed by atoms with E-state index in [4.69, 9.17) is 10.5 Å². The highest BCUT2D eigenvalue weighted by Crippen LogP contribution is 2.06. The third-order valence-electron chi connectivity index (χ3n) is 2.72. The van der Waals surface area contributed by atoms with Gasteiger partial charge in [-0.2, -0.15) is 0 Å². The van der Waals surface area contributed by atoms with Crippen LogP contribution in [0.5, 0.6) is 0 Å². The van der Waals surface area contributed by atoms with Crippen molar-refractivity contribution in [1.29, 1.82) is 0 Å². The Morgan fingerprint density at radius 1 is 1.50 bits per heavy atom. The van der Waals surface area contributed by atoms with E-state index >= 15 is 0 Å². The third-order valence-corrected chi connectivity index (χ3v) is 2.72. The third kappa shape index (κ3) is 3.61. The van der Waals surface area contributed by atoms with E-state index in [-0.39, 0.29) is 12.1 Å². The van der Waals surface area contributed by atoms with E-state index in [1.165, 1.54) is 0 Å². The van der Waals surface area contributed by atoms with Gasteiger partial charge in [0.15, 0.2) is 0 Å². The number of aromatic nitrogens is 2. The van der Waals surface area contributed by atoms with Crippen molar-refractivity contribution < 1.29 is 4.74 Å². The topological polar surface area (TPSA) is 53.1 Å². The fourth-order valence-electron chi connectivity index (χ4n) is 1.74. The van der Waals surface area contributed by atoms with Gasteiger partial charge in [-0.1, -0.05) is 6.92 Å². The highest BCUT2D eigenvalue weighted by Gasteiger charge is 2.15. The lowest BCUT2D eigenvalue weighted by Gasteiger charge is -2.19. The second-order valence-electron chi connectivity index (χ2n) is 4.07. The highest BCUT2D eigenvalue weighted by atomic mass is 16.5. The lowest BCUT2D eigenvalue weighted by atomic mass is 10.1. The first-order valence-electron chi connectivity index (χ1n) is 6.06. The predicted octanol–water partition coefficient (Wildman–Crippen LogP) is 1.59. The van der Waals surface area contributed by atoms with Crippen molar-refractivity contribution in [2.24, 2.45) is 5.73 Å². The average Bonchev–Trinajstić information content (AvgIpc) is 2.67. The van der Waals surface area contributed by atoms with Crippen LogP contribution in [-0.4, -0.2) is 28.3 Å². The number of ether oxygens (including phenoxy) is 1. The van der Waals surface area contributed by atoms with Gasteiger partial charge >= 0.3 is 0 Å². The Kier molecular flexibility index (Phi) is 5.49. The van der Waals surface area contributed by atoms with Crippen molar-refractivity contribution in [1.82, 2.24) is 9.55 Å². The summed E-state index contributed by atoms with van der Waals surface area (Å²) >= 11 is 0. The first-order chi connectivity index (χ1) is 7.69. The average molecular weight is 225 g/mol. The summed E-state index contributed by atoms with van der Waals surface area (Å²) in [4.78, 5) is 4.34. The van der Waals surface area contributed by atoms with Crippen LogP contribution in [0.25, 0.3) is 0 Å². The summed E-state index contributed by atoms with van der Waals surface area (Å²) in [5, 5.41) is 0. The molecule has 2 atom stereocenters. The summed E-state index contributed by atoms with van der Waals surface area (Å²) in [5.74, 6) is 1.06. The van der Waals surface area contributed by atoms with E-state index in [1.54, 1.807) is 0 Å². The van der Waals surface area contributed by atoms with Crippen molar-refractivity contribution in [2.45, 2.75) is 52.3 Å². The number of nitrogens with zero attached hydrogens (tertiary/aromatic N) is 2. The van der Waals surface area contributed by atoms with E-state index in [9.17, 15) is 0 Å². The number of imidazole rings is 1. The fourth-order valence-corrected chi connectivity index (χ4v) is 1.74. The largest absolute Gasteiger partial charge is 0.377 e. The van der Waals surface area contributed by atoms with Gasteiger partial charge in [0.2, 0.25) is 0 Å². The Bertz CT molecular complexity index is 298. The molecule has 0 aliphatic carbocycles. The summed E-state index contributed by atoms with van der Waals surface area (Å²) in [5.41, 5.74) is 6.08. The lowest BCUT2D eigenvalue weighted by Crippen LogP contribution is -2.37. The molecule has 1 aromatic heterocycles. The molecule has 92 valence electrons. The summed E-state index contributed by atoms with van der Waals surface area (Å²) in [6.07, 6.45) is 5.81. The minimum Gasteiger partial charge on any atom is -0.377 e. The molecule has 0 saturated carbocycles. The van der Waals surface area contributed by atoms with Gasteiger partial charge in [0, 0.05) is 38.0 Å². The molecule has 2 unspecified atom stereocenters. The normalized spacial score (nSPS) is 15.0. The molecule has 4 heteroatoms. The van der Waals surface area contributed by atoms with Gasteiger partial charge in [-0.3, -0.25) is 0 Å². The molecule has 0 bridgehead atoms.